The minimum atomic E-state index is -1.04. The molecular formula is C27H47N3O4. The van der Waals surface area contributed by atoms with Crippen molar-refractivity contribution in [2.24, 2.45) is 23.3 Å². The van der Waals surface area contributed by atoms with E-state index in [0.717, 1.165) is 30.4 Å². The average molecular weight is 478 g/mol. The van der Waals surface area contributed by atoms with Crippen LogP contribution < -0.4 is 21.5 Å². The Morgan fingerprint density at radius 2 is 1.82 bits per heavy atom. The molecule has 1 rings (SSSR count). The first-order valence-corrected chi connectivity index (χ1v) is 12.5. The molecule has 6 N–H and O–H groups in total. The zero-order chi connectivity index (χ0) is 26.1. The van der Waals surface area contributed by atoms with Crippen LogP contribution in [-0.2, 0) is 16.6 Å². The SMILES string of the molecule is CCCCNC(=O)[C@@H](O)CC[C@H](N)C[C@H](Cc1ccc(C(C)(C)C)c(C(N)=O)c1OC)C(C)C. The van der Waals surface area contributed by atoms with Gasteiger partial charge in [0.05, 0.1) is 12.7 Å². The lowest BCUT2D eigenvalue weighted by atomic mass is 9.79. The molecule has 0 aliphatic heterocycles. The normalized spacial score (nSPS) is 14.5. The fourth-order valence-corrected chi connectivity index (χ4v) is 4.28. The van der Waals surface area contributed by atoms with Gasteiger partial charge in [-0.3, -0.25) is 9.59 Å². The van der Waals surface area contributed by atoms with Gasteiger partial charge >= 0.3 is 0 Å². The van der Waals surface area contributed by atoms with E-state index in [1.807, 2.05) is 32.9 Å². The highest BCUT2D eigenvalue weighted by atomic mass is 16.5. The maximum absolute atomic E-state index is 12.4. The van der Waals surface area contributed by atoms with E-state index in [1.165, 1.54) is 0 Å². The van der Waals surface area contributed by atoms with Crippen molar-refractivity contribution in [2.45, 2.75) is 97.6 Å². The van der Waals surface area contributed by atoms with Crippen molar-refractivity contribution >= 4 is 11.8 Å². The predicted molar refractivity (Wildman–Crippen MR) is 138 cm³/mol. The van der Waals surface area contributed by atoms with Gasteiger partial charge in [-0.2, -0.15) is 0 Å². The third-order valence-electron chi connectivity index (χ3n) is 6.47. The summed E-state index contributed by atoms with van der Waals surface area (Å²) < 4.78 is 5.70. The molecule has 1 aromatic carbocycles. The number of hydrogen-bond acceptors (Lipinski definition) is 5. The molecule has 194 valence electrons. The van der Waals surface area contributed by atoms with Crippen molar-refractivity contribution in [3.8, 4) is 5.75 Å². The van der Waals surface area contributed by atoms with E-state index in [1.54, 1.807) is 7.11 Å². The lowest BCUT2D eigenvalue weighted by Gasteiger charge is -2.28. The van der Waals surface area contributed by atoms with Gasteiger partial charge in [0.15, 0.2) is 0 Å². The van der Waals surface area contributed by atoms with E-state index in [4.69, 9.17) is 16.2 Å². The maximum Gasteiger partial charge on any atom is 0.252 e. The van der Waals surface area contributed by atoms with Gasteiger partial charge < -0.3 is 26.6 Å². The molecule has 0 aromatic heterocycles. The number of unbranched alkanes of at least 4 members (excludes halogenated alkanes) is 1. The van der Waals surface area contributed by atoms with E-state index >= 15 is 0 Å². The molecule has 0 bridgehead atoms. The molecule has 34 heavy (non-hydrogen) atoms. The van der Waals surface area contributed by atoms with Gasteiger partial charge in [0.25, 0.3) is 5.91 Å². The number of nitrogens with one attached hydrogen (secondary N) is 1. The summed E-state index contributed by atoms with van der Waals surface area (Å²) >= 11 is 0. The highest BCUT2D eigenvalue weighted by molar-refractivity contribution is 5.98. The summed E-state index contributed by atoms with van der Waals surface area (Å²) in [5.74, 6) is 0.299. The smallest absolute Gasteiger partial charge is 0.252 e. The Morgan fingerprint density at radius 1 is 1.18 bits per heavy atom. The molecule has 7 heteroatoms. The Kier molecular flexibility index (Phi) is 12.0. The Balaban J connectivity index is 2.94. The molecule has 0 saturated carbocycles. The number of primary amides is 1. The number of methoxy groups -OCH3 is 1. The molecule has 0 heterocycles. The largest absolute Gasteiger partial charge is 0.496 e. The zero-order valence-corrected chi connectivity index (χ0v) is 22.2. The molecule has 7 nitrogen and oxygen atoms in total. The van der Waals surface area contributed by atoms with Gasteiger partial charge in [-0.05, 0) is 60.5 Å². The summed E-state index contributed by atoms with van der Waals surface area (Å²) in [7, 11) is 1.57. The van der Waals surface area contributed by atoms with Crippen molar-refractivity contribution in [3.05, 3.63) is 28.8 Å². The molecule has 3 atom stereocenters. The first-order valence-electron chi connectivity index (χ1n) is 12.5. The van der Waals surface area contributed by atoms with Crippen LogP contribution >= 0.6 is 0 Å². The summed E-state index contributed by atoms with van der Waals surface area (Å²) in [6.45, 7) is 13.1. The fraction of sp³-hybridized carbons (Fsp3) is 0.704. The topological polar surface area (TPSA) is 128 Å². The standard InChI is InChI=1S/C27H47N3O4/c1-8-9-14-30-26(33)22(31)13-11-20(28)16-19(17(2)3)15-18-10-12-21(27(4,5)6)23(25(29)32)24(18)34-7/h10,12,17,19-20,22,31H,8-9,11,13-16,28H2,1-7H3,(H2,29,32)(H,30,33)/t19-,20-,22-/m0/s1. The number of benzene rings is 1. The van der Waals surface area contributed by atoms with Crippen LogP contribution in [0.3, 0.4) is 0 Å². The minimum Gasteiger partial charge on any atom is -0.496 e. The van der Waals surface area contributed by atoms with Gasteiger partial charge in [0, 0.05) is 12.6 Å². The molecule has 0 saturated heterocycles. The highest BCUT2D eigenvalue weighted by Crippen LogP contribution is 2.36. The van der Waals surface area contributed by atoms with Gasteiger partial charge in [0.2, 0.25) is 5.91 Å². The minimum absolute atomic E-state index is 0.152. The molecule has 0 radical (unpaired) electrons. The van der Waals surface area contributed by atoms with Crippen LogP contribution in [0.5, 0.6) is 5.75 Å². The molecule has 0 spiro atoms. The van der Waals surface area contributed by atoms with E-state index in [9.17, 15) is 14.7 Å². The lowest BCUT2D eigenvalue weighted by molar-refractivity contribution is -0.129. The number of nitrogens with two attached hydrogens (primary N) is 2. The second kappa shape index (κ2) is 13.7. The molecule has 0 fully saturated rings. The van der Waals surface area contributed by atoms with Crippen LogP contribution in [0.25, 0.3) is 0 Å². The first kappa shape index (κ1) is 29.9. The lowest BCUT2D eigenvalue weighted by Crippen LogP contribution is -2.36. The van der Waals surface area contributed by atoms with Crippen molar-refractivity contribution in [1.29, 1.82) is 0 Å². The van der Waals surface area contributed by atoms with E-state index in [0.29, 0.717) is 43.0 Å². The number of aliphatic hydroxyl groups excluding tert-OH is 1. The van der Waals surface area contributed by atoms with Crippen molar-refractivity contribution in [2.75, 3.05) is 13.7 Å². The zero-order valence-electron chi connectivity index (χ0n) is 22.2. The van der Waals surface area contributed by atoms with Crippen molar-refractivity contribution < 1.29 is 19.4 Å². The number of carbonyl (C=O) groups is 2. The third-order valence-corrected chi connectivity index (χ3v) is 6.47. The summed E-state index contributed by atoms with van der Waals surface area (Å²) in [6.07, 6.45) is 3.16. The van der Waals surface area contributed by atoms with E-state index < -0.39 is 12.0 Å². The number of ether oxygens (including phenoxy) is 1. The second-order valence-electron chi connectivity index (χ2n) is 10.7. The van der Waals surface area contributed by atoms with Crippen LogP contribution in [0.1, 0.15) is 95.1 Å². The quantitative estimate of drug-likeness (QED) is 0.304. The van der Waals surface area contributed by atoms with Crippen LogP contribution in [-0.4, -0.2) is 42.7 Å². The molecule has 2 amide bonds. The number of amides is 2. The summed E-state index contributed by atoms with van der Waals surface area (Å²) in [4.78, 5) is 24.4. The fourth-order valence-electron chi connectivity index (χ4n) is 4.28. The monoisotopic (exact) mass is 477 g/mol. The molecule has 0 aliphatic carbocycles. The van der Waals surface area contributed by atoms with Gasteiger partial charge in [-0.15, -0.1) is 0 Å². The molecule has 0 unspecified atom stereocenters. The first-order chi connectivity index (χ1) is 15.8. The number of hydrogen-bond donors (Lipinski definition) is 4. The molecule has 1 aromatic rings. The Morgan fingerprint density at radius 3 is 2.32 bits per heavy atom. The Labute approximate surface area is 206 Å². The Bertz CT molecular complexity index is 802. The predicted octanol–water partition coefficient (Wildman–Crippen LogP) is 3.68. The number of rotatable bonds is 14. The van der Waals surface area contributed by atoms with Crippen molar-refractivity contribution in [1.82, 2.24) is 5.32 Å². The second-order valence-corrected chi connectivity index (χ2v) is 10.7. The maximum atomic E-state index is 12.4. The molecular weight excluding hydrogens is 430 g/mol. The van der Waals surface area contributed by atoms with Crippen LogP contribution in [0.15, 0.2) is 12.1 Å². The van der Waals surface area contributed by atoms with E-state index in [2.05, 4.69) is 26.1 Å². The third kappa shape index (κ3) is 8.91. The Hall–Kier alpha value is -2.12. The van der Waals surface area contributed by atoms with Gasteiger partial charge in [-0.1, -0.05) is 60.1 Å². The highest BCUT2D eigenvalue weighted by Gasteiger charge is 2.28. The van der Waals surface area contributed by atoms with Gasteiger partial charge in [0.1, 0.15) is 11.9 Å². The van der Waals surface area contributed by atoms with Crippen LogP contribution in [0.2, 0.25) is 0 Å². The summed E-state index contributed by atoms with van der Waals surface area (Å²) in [5.41, 5.74) is 14.2. The average Bonchev–Trinajstić information content (AvgIpc) is 2.75. The van der Waals surface area contributed by atoms with Crippen molar-refractivity contribution in [3.63, 3.8) is 0 Å². The van der Waals surface area contributed by atoms with Crippen LogP contribution in [0.4, 0.5) is 0 Å². The van der Waals surface area contributed by atoms with E-state index in [-0.39, 0.29) is 23.3 Å². The number of carbonyl (C=O) groups excluding carboxylic acids is 2. The van der Waals surface area contributed by atoms with Crippen LogP contribution in [0, 0.1) is 11.8 Å². The summed E-state index contributed by atoms with van der Waals surface area (Å²) in [6, 6.07) is 3.85. The number of aliphatic hydroxyl groups is 1. The summed E-state index contributed by atoms with van der Waals surface area (Å²) in [5, 5.41) is 12.9. The van der Waals surface area contributed by atoms with Gasteiger partial charge in [-0.25, -0.2) is 0 Å². The molecule has 0 aliphatic rings.